The number of rotatable bonds is 0. The van der Waals surface area contributed by atoms with Gasteiger partial charge in [0, 0.05) is 19.4 Å². The van der Waals surface area contributed by atoms with E-state index in [1.807, 2.05) is 19.2 Å². The normalized spacial score (nSPS) is 21.9. The number of nitrogens with zero attached hydrogens (tertiary/aromatic N) is 3. The third-order valence-electron chi connectivity index (χ3n) is 1.46. The minimum atomic E-state index is -0.365. The van der Waals surface area contributed by atoms with Crippen molar-refractivity contribution < 1.29 is 0 Å². The molecule has 1 aliphatic heterocycles. The Balaban J connectivity index is 2.90. The zero-order valence-electron chi connectivity index (χ0n) is 6.15. The molecule has 1 aliphatic rings. The fourth-order valence-electron chi connectivity index (χ4n) is 0.879. The van der Waals surface area contributed by atoms with Gasteiger partial charge in [0.2, 0.25) is 0 Å². The van der Waals surface area contributed by atoms with Gasteiger partial charge in [0.25, 0.3) is 0 Å². The first-order chi connectivity index (χ1) is 5.27. The lowest BCUT2D eigenvalue weighted by atomic mass is 10.0. The first-order valence-electron chi connectivity index (χ1n) is 3.19. The first kappa shape index (κ1) is 7.37. The van der Waals surface area contributed by atoms with E-state index in [9.17, 15) is 0 Å². The SMILES string of the molecule is CN1C=C[C@H](C#N)C(C#N)=C1. The summed E-state index contributed by atoms with van der Waals surface area (Å²) in [5, 5.41) is 17.1. The van der Waals surface area contributed by atoms with Crippen LogP contribution in [0.15, 0.2) is 24.0 Å². The maximum atomic E-state index is 8.58. The molecule has 0 aromatic carbocycles. The quantitative estimate of drug-likeness (QED) is 0.510. The van der Waals surface area contributed by atoms with Crippen LogP contribution >= 0.6 is 0 Å². The summed E-state index contributed by atoms with van der Waals surface area (Å²) in [6.45, 7) is 0. The minimum absolute atomic E-state index is 0.365. The maximum Gasteiger partial charge on any atom is 0.102 e. The van der Waals surface area contributed by atoms with Crippen molar-refractivity contribution in [1.29, 1.82) is 10.5 Å². The van der Waals surface area contributed by atoms with Crippen molar-refractivity contribution in [2.45, 2.75) is 0 Å². The Hall–Kier alpha value is -1.74. The topological polar surface area (TPSA) is 50.8 Å². The number of hydrogen-bond donors (Lipinski definition) is 0. The van der Waals surface area contributed by atoms with Crippen LogP contribution in [0.4, 0.5) is 0 Å². The standard InChI is InChI=1S/C8H7N3/c1-11-3-2-7(4-9)8(5-10)6-11/h2-3,6-7H,1H3/t7-/m1/s1. The van der Waals surface area contributed by atoms with Gasteiger partial charge in [0.05, 0.1) is 17.7 Å². The highest BCUT2D eigenvalue weighted by Crippen LogP contribution is 2.16. The summed E-state index contributed by atoms with van der Waals surface area (Å²) in [6, 6.07) is 4.00. The molecule has 1 atom stereocenters. The van der Waals surface area contributed by atoms with E-state index in [0.717, 1.165) is 0 Å². The van der Waals surface area contributed by atoms with Crippen LogP contribution in [-0.2, 0) is 0 Å². The Morgan fingerprint density at radius 3 is 2.82 bits per heavy atom. The monoisotopic (exact) mass is 145 g/mol. The molecule has 0 saturated heterocycles. The summed E-state index contributed by atoms with van der Waals surface area (Å²) in [4.78, 5) is 1.76. The van der Waals surface area contributed by atoms with E-state index in [1.165, 1.54) is 0 Å². The zero-order chi connectivity index (χ0) is 8.27. The summed E-state index contributed by atoms with van der Waals surface area (Å²) in [6.07, 6.45) is 5.14. The fraction of sp³-hybridized carbons (Fsp3) is 0.250. The average Bonchev–Trinajstić information content (AvgIpc) is 2.04. The van der Waals surface area contributed by atoms with Crippen LogP contribution in [0.25, 0.3) is 0 Å². The summed E-state index contributed by atoms with van der Waals surface area (Å²) in [5.41, 5.74) is 0.498. The molecule has 0 aliphatic carbocycles. The van der Waals surface area contributed by atoms with E-state index in [2.05, 4.69) is 0 Å². The lowest BCUT2D eigenvalue weighted by Crippen LogP contribution is -2.11. The van der Waals surface area contributed by atoms with Crippen LogP contribution in [0, 0.1) is 28.6 Å². The zero-order valence-corrected chi connectivity index (χ0v) is 6.15. The maximum absolute atomic E-state index is 8.58. The van der Waals surface area contributed by atoms with Crippen LogP contribution in [0.1, 0.15) is 0 Å². The highest BCUT2D eigenvalue weighted by Gasteiger charge is 2.13. The van der Waals surface area contributed by atoms with Gasteiger partial charge < -0.3 is 4.90 Å². The van der Waals surface area contributed by atoms with Crippen LogP contribution < -0.4 is 0 Å². The summed E-state index contributed by atoms with van der Waals surface area (Å²) < 4.78 is 0. The van der Waals surface area contributed by atoms with Gasteiger partial charge in [0.1, 0.15) is 5.92 Å². The molecule has 1 rings (SSSR count). The summed E-state index contributed by atoms with van der Waals surface area (Å²) in [7, 11) is 1.82. The molecule has 0 unspecified atom stereocenters. The molecule has 3 heteroatoms. The molecule has 0 saturated carbocycles. The smallest absolute Gasteiger partial charge is 0.102 e. The highest BCUT2D eigenvalue weighted by atomic mass is 15.1. The van der Waals surface area contributed by atoms with Gasteiger partial charge in [-0.25, -0.2) is 0 Å². The van der Waals surface area contributed by atoms with Gasteiger partial charge in [-0.2, -0.15) is 10.5 Å². The van der Waals surface area contributed by atoms with Crippen molar-refractivity contribution in [3.05, 3.63) is 24.0 Å². The first-order valence-corrected chi connectivity index (χ1v) is 3.19. The van der Waals surface area contributed by atoms with Crippen LogP contribution in [-0.4, -0.2) is 11.9 Å². The summed E-state index contributed by atoms with van der Waals surface area (Å²) >= 11 is 0. The second kappa shape index (κ2) is 2.90. The molecule has 0 aromatic rings. The van der Waals surface area contributed by atoms with Crippen LogP contribution in [0.2, 0.25) is 0 Å². The molecule has 11 heavy (non-hydrogen) atoms. The molecule has 0 fully saturated rings. The molecular weight excluding hydrogens is 138 g/mol. The summed E-state index contributed by atoms with van der Waals surface area (Å²) in [5.74, 6) is -0.365. The molecule has 1 heterocycles. The van der Waals surface area contributed by atoms with Crippen LogP contribution in [0.5, 0.6) is 0 Å². The van der Waals surface area contributed by atoms with E-state index < -0.39 is 0 Å². The molecule has 54 valence electrons. The van der Waals surface area contributed by atoms with Crippen molar-refractivity contribution in [1.82, 2.24) is 4.90 Å². The second-order valence-electron chi connectivity index (χ2n) is 2.31. The third-order valence-corrected chi connectivity index (χ3v) is 1.46. The van der Waals surface area contributed by atoms with Gasteiger partial charge in [-0.1, -0.05) is 0 Å². The Morgan fingerprint density at radius 2 is 2.27 bits per heavy atom. The van der Waals surface area contributed by atoms with Crippen molar-refractivity contribution in [2.75, 3.05) is 7.05 Å². The van der Waals surface area contributed by atoms with Crippen molar-refractivity contribution in [3.8, 4) is 12.1 Å². The molecule has 0 aromatic heterocycles. The Labute approximate surface area is 65.5 Å². The average molecular weight is 145 g/mol. The molecule has 0 radical (unpaired) electrons. The minimum Gasteiger partial charge on any atom is -0.356 e. The second-order valence-corrected chi connectivity index (χ2v) is 2.31. The lowest BCUT2D eigenvalue weighted by molar-refractivity contribution is 0.596. The van der Waals surface area contributed by atoms with E-state index >= 15 is 0 Å². The highest BCUT2D eigenvalue weighted by molar-refractivity contribution is 5.34. The van der Waals surface area contributed by atoms with Crippen LogP contribution in [0.3, 0.4) is 0 Å². The van der Waals surface area contributed by atoms with E-state index in [-0.39, 0.29) is 5.92 Å². The van der Waals surface area contributed by atoms with Crippen molar-refractivity contribution in [3.63, 3.8) is 0 Å². The Kier molecular flexibility index (Phi) is 1.94. The number of nitriles is 2. The lowest BCUT2D eigenvalue weighted by Gasteiger charge is -2.15. The number of hydrogen-bond acceptors (Lipinski definition) is 3. The van der Waals surface area contributed by atoms with Gasteiger partial charge in [-0.05, 0) is 6.08 Å². The van der Waals surface area contributed by atoms with Gasteiger partial charge >= 0.3 is 0 Å². The van der Waals surface area contributed by atoms with Crippen molar-refractivity contribution in [2.24, 2.45) is 5.92 Å². The predicted molar refractivity (Wildman–Crippen MR) is 39.7 cm³/mol. The Bertz CT molecular complexity index is 287. The molecule has 0 bridgehead atoms. The Morgan fingerprint density at radius 1 is 1.55 bits per heavy atom. The number of allylic oxidation sites excluding steroid dienone is 2. The largest absolute Gasteiger partial charge is 0.356 e. The molecular formula is C8H7N3. The fourth-order valence-corrected chi connectivity index (χ4v) is 0.879. The van der Waals surface area contributed by atoms with E-state index in [4.69, 9.17) is 10.5 Å². The molecule has 0 N–H and O–H groups in total. The third kappa shape index (κ3) is 1.39. The van der Waals surface area contributed by atoms with Gasteiger partial charge in [-0.3, -0.25) is 0 Å². The van der Waals surface area contributed by atoms with E-state index in [1.54, 1.807) is 23.4 Å². The van der Waals surface area contributed by atoms with Gasteiger partial charge in [0.15, 0.2) is 0 Å². The van der Waals surface area contributed by atoms with Crippen molar-refractivity contribution >= 4 is 0 Å². The van der Waals surface area contributed by atoms with Gasteiger partial charge in [-0.15, -0.1) is 0 Å². The molecule has 3 nitrogen and oxygen atoms in total. The molecule has 0 spiro atoms. The predicted octanol–water partition coefficient (Wildman–Crippen LogP) is 0.993. The van der Waals surface area contributed by atoms with E-state index in [0.29, 0.717) is 5.57 Å². The molecule has 0 amide bonds.